The van der Waals surface area contributed by atoms with Crippen molar-refractivity contribution in [2.75, 3.05) is 13.2 Å². The second-order valence-corrected chi connectivity index (χ2v) is 5.04. The van der Waals surface area contributed by atoms with E-state index >= 15 is 0 Å². The van der Waals surface area contributed by atoms with Crippen LogP contribution in [0.3, 0.4) is 0 Å². The van der Waals surface area contributed by atoms with E-state index in [9.17, 15) is 4.79 Å². The topological polar surface area (TPSA) is 38.3 Å². The van der Waals surface area contributed by atoms with E-state index in [1.807, 2.05) is 19.1 Å². The maximum Gasteiger partial charge on any atom is 0.261 e. The minimum Gasteiger partial charge on any atom is -0.376 e. The molecule has 1 saturated heterocycles. The van der Waals surface area contributed by atoms with Crippen LogP contribution in [0.15, 0.2) is 12.1 Å². The summed E-state index contributed by atoms with van der Waals surface area (Å²) in [7, 11) is 0. The Balaban J connectivity index is 1.81. The normalized spacial score (nSPS) is 20.5. The van der Waals surface area contributed by atoms with Crippen molar-refractivity contribution in [3.63, 3.8) is 0 Å². The van der Waals surface area contributed by atoms with Gasteiger partial charge in [0.15, 0.2) is 0 Å². The van der Waals surface area contributed by atoms with Gasteiger partial charge in [0.25, 0.3) is 5.91 Å². The first-order valence-corrected chi connectivity index (χ1v) is 6.03. The summed E-state index contributed by atoms with van der Waals surface area (Å²) in [4.78, 5) is 13.6. The van der Waals surface area contributed by atoms with E-state index in [2.05, 4.69) is 5.32 Å². The molecule has 1 aromatic heterocycles. The highest BCUT2D eigenvalue weighted by Gasteiger charge is 2.16. The fourth-order valence-electron chi connectivity index (χ4n) is 1.66. The highest BCUT2D eigenvalue weighted by molar-refractivity contribution is 7.13. The molecular formula is C11H15NO2S. The first kappa shape index (κ1) is 10.6. The summed E-state index contributed by atoms with van der Waals surface area (Å²) in [5.41, 5.74) is 0. The van der Waals surface area contributed by atoms with Crippen LogP contribution >= 0.6 is 11.3 Å². The molecule has 2 heterocycles. The smallest absolute Gasteiger partial charge is 0.261 e. The van der Waals surface area contributed by atoms with E-state index in [1.54, 1.807) is 0 Å². The van der Waals surface area contributed by atoms with Gasteiger partial charge >= 0.3 is 0 Å². The van der Waals surface area contributed by atoms with Gasteiger partial charge in [-0.2, -0.15) is 0 Å². The molecule has 1 amide bonds. The summed E-state index contributed by atoms with van der Waals surface area (Å²) in [6.07, 6.45) is 2.39. The van der Waals surface area contributed by atoms with Crippen LogP contribution in [-0.4, -0.2) is 25.2 Å². The average molecular weight is 225 g/mol. The van der Waals surface area contributed by atoms with Crippen molar-refractivity contribution >= 4 is 17.2 Å². The number of hydrogen-bond donors (Lipinski definition) is 1. The van der Waals surface area contributed by atoms with Crippen LogP contribution in [0.4, 0.5) is 0 Å². The van der Waals surface area contributed by atoms with E-state index < -0.39 is 0 Å². The Bertz CT molecular complexity index is 342. The van der Waals surface area contributed by atoms with Crippen molar-refractivity contribution in [3.8, 4) is 0 Å². The highest BCUT2D eigenvalue weighted by atomic mass is 32.1. The van der Waals surface area contributed by atoms with E-state index in [1.165, 1.54) is 11.3 Å². The Morgan fingerprint density at radius 1 is 1.67 bits per heavy atom. The average Bonchev–Trinajstić information content (AvgIpc) is 2.84. The predicted octanol–water partition coefficient (Wildman–Crippen LogP) is 1.97. The number of thiophene rings is 1. The molecule has 0 aromatic carbocycles. The number of aryl methyl sites for hydroxylation is 1. The zero-order chi connectivity index (χ0) is 10.7. The van der Waals surface area contributed by atoms with Crippen molar-refractivity contribution < 1.29 is 9.53 Å². The molecule has 0 spiro atoms. The number of ether oxygens (including phenoxy) is 1. The molecule has 1 atom stereocenters. The van der Waals surface area contributed by atoms with Gasteiger partial charge in [-0.3, -0.25) is 4.79 Å². The van der Waals surface area contributed by atoms with Crippen LogP contribution in [-0.2, 0) is 4.74 Å². The van der Waals surface area contributed by atoms with Crippen LogP contribution in [0.1, 0.15) is 27.4 Å². The van der Waals surface area contributed by atoms with E-state index in [0.717, 1.165) is 29.2 Å². The molecular weight excluding hydrogens is 210 g/mol. The Labute approximate surface area is 93.4 Å². The van der Waals surface area contributed by atoms with Crippen LogP contribution in [0, 0.1) is 6.92 Å². The van der Waals surface area contributed by atoms with E-state index in [0.29, 0.717) is 6.54 Å². The van der Waals surface area contributed by atoms with Crippen molar-refractivity contribution in [2.24, 2.45) is 0 Å². The third-order valence-corrected chi connectivity index (χ3v) is 3.48. The fraction of sp³-hybridized carbons (Fsp3) is 0.545. The molecule has 0 saturated carbocycles. The van der Waals surface area contributed by atoms with E-state index in [-0.39, 0.29) is 12.0 Å². The number of amides is 1. The zero-order valence-electron chi connectivity index (χ0n) is 8.79. The monoisotopic (exact) mass is 225 g/mol. The first-order chi connectivity index (χ1) is 7.25. The summed E-state index contributed by atoms with van der Waals surface area (Å²) in [5.74, 6) is 0.0172. The lowest BCUT2D eigenvalue weighted by Crippen LogP contribution is -2.31. The first-order valence-electron chi connectivity index (χ1n) is 5.22. The van der Waals surface area contributed by atoms with Crippen molar-refractivity contribution in [1.29, 1.82) is 0 Å². The molecule has 1 N–H and O–H groups in total. The van der Waals surface area contributed by atoms with Crippen LogP contribution in [0.5, 0.6) is 0 Å². The van der Waals surface area contributed by atoms with Gasteiger partial charge in [0.1, 0.15) is 0 Å². The lowest BCUT2D eigenvalue weighted by molar-refractivity contribution is 0.0861. The quantitative estimate of drug-likeness (QED) is 0.854. The Morgan fingerprint density at radius 2 is 2.53 bits per heavy atom. The van der Waals surface area contributed by atoms with Gasteiger partial charge in [0, 0.05) is 18.0 Å². The molecule has 0 radical (unpaired) electrons. The molecule has 15 heavy (non-hydrogen) atoms. The molecule has 1 aliphatic heterocycles. The maximum absolute atomic E-state index is 11.7. The SMILES string of the molecule is Cc1ccc(C(=O)NC[C@@H]2CCCO2)s1. The number of carbonyl (C=O) groups is 1. The van der Waals surface area contributed by atoms with Gasteiger partial charge in [-0.25, -0.2) is 0 Å². The third-order valence-electron chi connectivity index (χ3n) is 2.48. The maximum atomic E-state index is 11.7. The van der Waals surface area contributed by atoms with E-state index in [4.69, 9.17) is 4.74 Å². The van der Waals surface area contributed by atoms with Crippen LogP contribution in [0.2, 0.25) is 0 Å². The minimum atomic E-state index is 0.0172. The molecule has 0 unspecified atom stereocenters. The Kier molecular flexibility index (Phi) is 3.38. The van der Waals surface area contributed by atoms with Crippen molar-refractivity contribution in [1.82, 2.24) is 5.32 Å². The zero-order valence-corrected chi connectivity index (χ0v) is 9.60. The second kappa shape index (κ2) is 4.77. The predicted molar refractivity (Wildman–Crippen MR) is 60.4 cm³/mol. The lowest BCUT2D eigenvalue weighted by atomic mass is 10.2. The molecule has 3 nitrogen and oxygen atoms in total. The molecule has 0 bridgehead atoms. The van der Waals surface area contributed by atoms with Crippen molar-refractivity contribution in [3.05, 3.63) is 21.9 Å². The third kappa shape index (κ3) is 2.79. The van der Waals surface area contributed by atoms with Gasteiger partial charge in [-0.05, 0) is 31.9 Å². The van der Waals surface area contributed by atoms with Gasteiger partial charge in [-0.15, -0.1) is 11.3 Å². The fourth-order valence-corrected chi connectivity index (χ4v) is 2.44. The summed E-state index contributed by atoms with van der Waals surface area (Å²) in [6, 6.07) is 3.83. The summed E-state index contributed by atoms with van der Waals surface area (Å²) in [5, 5.41) is 2.90. The molecule has 1 aromatic rings. The van der Waals surface area contributed by atoms with Gasteiger partial charge in [-0.1, -0.05) is 0 Å². The molecule has 82 valence electrons. The summed E-state index contributed by atoms with van der Waals surface area (Å²) >= 11 is 1.53. The van der Waals surface area contributed by atoms with Crippen LogP contribution < -0.4 is 5.32 Å². The Hall–Kier alpha value is -0.870. The molecule has 2 rings (SSSR count). The number of rotatable bonds is 3. The largest absolute Gasteiger partial charge is 0.376 e. The van der Waals surface area contributed by atoms with Gasteiger partial charge in [0.05, 0.1) is 11.0 Å². The molecule has 4 heteroatoms. The second-order valence-electron chi connectivity index (χ2n) is 3.76. The Morgan fingerprint density at radius 3 is 3.13 bits per heavy atom. The molecule has 1 aliphatic rings. The molecule has 1 fully saturated rings. The number of carbonyl (C=O) groups excluding carboxylic acids is 1. The number of hydrogen-bond acceptors (Lipinski definition) is 3. The lowest BCUT2D eigenvalue weighted by Gasteiger charge is -2.09. The van der Waals surface area contributed by atoms with Gasteiger partial charge < -0.3 is 10.1 Å². The van der Waals surface area contributed by atoms with Gasteiger partial charge in [0.2, 0.25) is 0 Å². The summed E-state index contributed by atoms with van der Waals surface area (Å²) < 4.78 is 5.43. The summed E-state index contributed by atoms with van der Waals surface area (Å²) in [6.45, 7) is 3.47. The standard InChI is InChI=1S/C11H15NO2S/c1-8-4-5-10(15-8)11(13)12-7-9-3-2-6-14-9/h4-5,9H,2-3,6-7H2,1H3,(H,12,13)/t9-/m0/s1. The molecule has 0 aliphatic carbocycles. The highest BCUT2D eigenvalue weighted by Crippen LogP contribution is 2.15. The van der Waals surface area contributed by atoms with Crippen molar-refractivity contribution in [2.45, 2.75) is 25.9 Å². The minimum absolute atomic E-state index is 0.0172. The number of nitrogens with one attached hydrogen (secondary N) is 1. The van der Waals surface area contributed by atoms with Crippen LogP contribution in [0.25, 0.3) is 0 Å².